The second-order valence-corrected chi connectivity index (χ2v) is 10.00. The quantitative estimate of drug-likeness (QED) is 0.265. The van der Waals surface area contributed by atoms with Crippen LogP contribution in [0.3, 0.4) is 0 Å². The van der Waals surface area contributed by atoms with Crippen molar-refractivity contribution in [2.75, 3.05) is 39.4 Å². The van der Waals surface area contributed by atoms with Gasteiger partial charge in [-0.15, -0.1) is 0 Å². The number of halogens is 2. The summed E-state index contributed by atoms with van der Waals surface area (Å²) in [5, 5.41) is 5.42. The lowest BCUT2D eigenvalue weighted by Gasteiger charge is -2.26. The minimum atomic E-state index is -0.190. The number of nitrogens with zero attached hydrogens (tertiary/aromatic N) is 1. The molecule has 1 atom stereocenters. The number of carbonyl (C=O) groups is 1. The van der Waals surface area contributed by atoms with Crippen molar-refractivity contribution in [1.29, 1.82) is 0 Å². The zero-order valence-corrected chi connectivity index (χ0v) is 21.9. The molecule has 2 heterocycles. The first-order chi connectivity index (χ1) is 18.0. The summed E-state index contributed by atoms with van der Waals surface area (Å²) in [6.45, 7) is 4.70. The molecular formula is C29H29Cl2N3O3. The first kappa shape index (κ1) is 25.6. The van der Waals surface area contributed by atoms with Crippen LogP contribution in [-0.2, 0) is 9.53 Å². The van der Waals surface area contributed by atoms with E-state index in [-0.39, 0.29) is 11.8 Å². The third-order valence-electron chi connectivity index (χ3n) is 6.60. The van der Waals surface area contributed by atoms with Crippen LogP contribution in [0.1, 0.15) is 23.5 Å². The summed E-state index contributed by atoms with van der Waals surface area (Å²) >= 11 is 12.3. The van der Waals surface area contributed by atoms with Crippen LogP contribution in [0.15, 0.2) is 72.9 Å². The molecule has 8 heteroatoms. The highest BCUT2D eigenvalue weighted by Crippen LogP contribution is 2.36. The number of carbonyl (C=O) groups excluding carboxylic acids is 1. The smallest absolute Gasteiger partial charge is 0.220 e. The van der Waals surface area contributed by atoms with Gasteiger partial charge < -0.3 is 19.8 Å². The van der Waals surface area contributed by atoms with Gasteiger partial charge in [-0.2, -0.15) is 0 Å². The van der Waals surface area contributed by atoms with Crippen LogP contribution in [0.5, 0.6) is 11.5 Å². The summed E-state index contributed by atoms with van der Waals surface area (Å²) in [7, 11) is 0. The lowest BCUT2D eigenvalue weighted by atomic mass is 9.88. The molecule has 6 nitrogen and oxygen atoms in total. The number of nitrogens with one attached hydrogen (secondary N) is 2. The van der Waals surface area contributed by atoms with Crippen LogP contribution in [-0.4, -0.2) is 55.2 Å². The largest absolute Gasteiger partial charge is 0.457 e. The Hall–Kier alpha value is -3.03. The van der Waals surface area contributed by atoms with Crippen molar-refractivity contribution in [2.24, 2.45) is 0 Å². The number of morpholine rings is 1. The highest BCUT2D eigenvalue weighted by Gasteiger charge is 2.22. The predicted octanol–water partition coefficient (Wildman–Crippen LogP) is 6.24. The third-order valence-corrected chi connectivity index (χ3v) is 7.09. The maximum atomic E-state index is 13.1. The van der Waals surface area contributed by atoms with E-state index < -0.39 is 0 Å². The summed E-state index contributed by atoms with van der Waals surface area (Å²) < 4.78 is 11.5. The van der Waals surface area contributed by atoms with Gasteiger partial charge in [0.2, 0.25) is 5.91 Å². The van der Waals surface area contributed by atoms with Gasteiger partial charge in [0, 0.05) is 65.7 Å². The van der Waals surface area contributed by atoms with E-state index in [0.29, 0.717) is 34.5 Å². The van der Waals surface area contributed by atoms with E-state index in [9.17, 15) is 4.79 Å². The SMILES string of the molecule is O=C(C[C@@H](c1cccc(Oc2ccc(Cl)cc2)c1)c1c[nH]c2ccc(Cl)cc12)NCCN1CCOCC1. The van der Waals surface area contributed by atoms with Crippen molar-refractivity contribution in [3.8, 4) is 11.5 Å². The number of aromatic nitrogens is 1. The molecule has 1 amide bonds. The molecule has 0 radical (unpaired) electrons. The van der Waals surface area contributed by atoms with Crippen LogP contribution < -0.4 is 10.1 Å². The van der Waals surface area contributed by atoms with Crippen molar-refractivity contribution < 1.29 is 14.3 Å². The summed E-state index contributed by atoms with van der Waals surface area (Å²) in [5.41, 5.74) is 2.98. The molecule has 1 aliphatic heterocycles. The molecule has 3 aromatic carbocycles. The number of aromatic amines is 1. The average molecular weight is 538 g/mol. The molecule has 1 fully saturated rings. The Morgan fingerprint density at radius 3 is 2.59 bits per heavy atom. The van der Waals surface area contributed by atoms with Gasteiger partial charge in [-0.3, -0.25) is 9.69 Å². The van der Waals surface area contributed by atoms with Crippen molar-refractivity contribution in [3.63, 3.8) is 0 Å². The average Bonchev–Trinajstić information content (AvgIpc) is 3.32. The van der Waals surface area contributed by atoms with E-state index in [1.165, 1.54) is 0 Å². The molecule has 0 unspecified atom stereocenters. The first-order valence-corrected chi connectivity index (χ1v) is 13.2. The molecule has 0 saturated carbocycles. The topological polar surface area (TPSA) is 66.6 Å². The molecular weight excluding hydrogens is 509 g/mol. The molecule has 1 aliphatic rings. The zero-order valence-electron chi connectivity index (χ0n) is 20.4. The number of benzene rings is 3. The molecule has 0 aliphatic carbocycles. The molecule has 0 spiro atoms. The van der Waals surface area contributed by atoms with Crippen LogP contribution >= 0.6 is 23.2 Å². The molecule has 2 N–H and O–H groups in total. The van der Waals surface area contributed by atoms with Crippen molar-refractivity contribution in [2.45, 2.75) is 12.3 Å². The van der Waals surface area contributed by atoms with Gasteiger partial charge >= 0.3 is 0 Å². The monoisotopic (exact) mass is 537 g/mol. The van der Waals surface area contributed by atoms with E-state index in [0.717, 1.165) is 54.9 Å². The predicted molar refractivity (Wildman–Crippen MR) is 148 cm³/mol. The summed E-state index contributed by atoms with van der Waals surface area (Å²) in [4.78, 5) is 18.8. The summed E-state index contributed by atoms with van der Waals surface area (Å²) in [6.07, 6.45) is 2.27. The standard InChI is InChI=1S/C29H29Cl2N3O3/c30-21-4-7-23(8-5-21)37-24-3-1-2-20(16-24)25(27-19-33-28-9-6-22(31)17-26(27)28)18-29(35)32-10-11-34-12-14-36-15-13-34/h1-9,16-17,19,25,33H,10-15,18H2,(H,32,35)/t25-/m0/s1. The van der Waals surface area contributed by atoms with Crippen LogP contribution in [0.2, 0.25) is 10.0 Å². The fourth-order valence-electron chi connectivity index (χ4n) is 4.68. The minimum absolute atomic E-state index is 0.00124. The van der Waals surface area contributed by atoms with Crippen molar-refractivity contribution in [3.05, 3.63) is 94.1 Å². The van der Waals surface area contributed by atoms with Gasteiger partial charge in [-0.25, -0.2) is 0 Å². The second kappa shape index (κ2) is 12.0. The van der Waals surface area contributed by atoms with Crippen LogP contribution in [0.25, 0.3) is 10.9 Å². The lowest BCUT2D eigenvalue weighted by molar-refractivity contribution is -0.121. The minimum Gasteiger partial charge on any atom is -0.457 e. The normalized spacial score (nSPS) is 15.0. The Balaban J connectivity index is 1.38. The summed E-state index contributed by atoms with van der Waals surface area (Å²) in [6, 6.07) is 20.9. The molecule has 1 aromatic heterocycles. The number of ether oxygens (including phenoxy) is 2. The number of amides is 1. The Morgan fingerprint density at radius 2 is 1.78 bits per heavy atom. The Kier molecular flexibility index (Phi) is 8.31. The number of hydrogen-bond acceptors (Lipinski definition) is 4. The van der Waals surface area contributed by atoms with E-state index in [1.54, 1.807) is 12.1 Å². The molecule has 4 aromatic rings. The van der Waals surface area contributed by atoms with E-state index in [2.05, 4.69) is 15.2 Å². The fraction of sp³-hybridized carbons (Fsp3) is 0.276. The van der Waals surface area contributed by atoms with Crippen molar-refractivity contribution >= 4 is 40.0 Å². The first-order valence-electron chi connectivity index (χ1n) is 12.4. The van der Waals surface area contributed by atoms with E-state index in [1.807, 2.05) is 60.8 Å². The van der Waals surface area contributed by atoms with Gasteiger partial charge in [0.25, 0.3) is 0 Å². The molecule has 37 heavy (non-hydrogen) atoms. The summed E-state index contributed by atoms with van der Waals surface area (Å²) in [5.74, 6) is 1.19. The number of fused-ring (bicyclic) bond motifs is 1. The Labute approximate surface area is 226 Å². The Bertz CT molecular complexity index is 1350. The maximum Gasteiger partial charge on any atom is 0.220 e. The van der Waals surface area contributed by atoms with Crippen LogP contribution in [0.4, 0.5) is 0 Å². The van der Waals surface area contributed by atoms with Crippen molar-refractivity contribution in [1.82, 2.24) is 15.2 Å². The third kappa shape index (κ3) is 6.65. The lowest BCUT2D eigenvalue weighted by Crippen LogP contribution is -2.41. The van der Waals surface area contributed by atoms with E-state index >= 15 is 0 Å². The van der Waals surface area contributed by atoms with Gasteiger partial charge in [0.1, 0.15) is 11.5 Å². The fourth-order valence-corrected chi connectivity index (χ4v) is 4.98. The van der Waals surface area contributed by atoms with Gasteiger partial charge in [0.05, 0.1) is 13.2 Å². The Morgan fingerprint density at radius 1 is 1.00 bits per heavy atom. The van der Waals surface area contributed by atoms with Gasteiger partial charge in [0.15, 0.2) is 0 Å². The number of rotatable bonds is 9. The zero-order chi connectivity index (χ0) is 25.6. The van der Waals surface area contributed by atoms with Gasteiger partial charge in [-0.05, 0) is 65.7 Å². The number of H-pyrrole nitrogens is 1. The van der Waals surface area contributed by atoms with Gasteiger partial charge in [-0.1, -0.05) is 35.3 Å². The van der Waals surface area contributed by atoms with Crippen LogP contribution in [0, 0.1) is 0 Å². The van der Waals surface area contributed by atoms with E-state index in [4.69, 9.17) is 32.7 Å². The molecule has 5 rings (SSSR count). The maximum absolute atomic E-state index is 13.1. The highest BCUT2D eigenvalue weighted by atomic mass is 35.5. The second-order valence-electron chi connectivity index (χ2n) is 9.12. The molecule has 1 saturated heterocycles. The number of hydrogen-bond donors (Lipinski definition) is 2. The molecule has 0 bridgehead atoms. The highest BCUT2D eigenvalue weighted by molar-refractivity contribution is 6.31. The molecule has 192 valence electrons.